The zero-order valence-corrected chi connectivity index (χ0v) is 13.8. The van der Waals surface area contributed by atoms with Crippen LogP contribution in [0.15, 0.2) is 22.2 Å². The first-order valence-corrected chi connectivity index (χ1v) is 8.01. The quantitative estimate of drug-likeness (QED) is 0.791. The van der Waals surface area contributed by atoms with Crippen LogP contribution < -0.4 is 15.4 Å². The molecule has 2 heterocycles. The molecule has 0 saturated carbocycles. The van der Waals surface area contributed by atoms with Crippen molar-refractivity contribution in [1.82, 2.24) is 9.97 Å². The number of nitrogens with zero attached hydrogens (tertiary/aromatic N) is 2. The first kappa shape index (κ1) is 15.1. The predicted molar refractivity (Wildman–Crippen MR) is 86.7 cm³/mol. The summed E-state index contributed by atoms with van der Waals surface area (Å²) in [6, 6.07) is 2.08. The van der Waals surface area contributed by atoms with E-state index in [0.29, 0.717) is 18.1 Å². The second kappa shape index (κ2) is 7.44. The first-order valence-electron chi connectivity index (χ1n) is 6.34. The van der Waals surface area contributed by atoms with Crippen molar-refractivity contribution in [3.05, 3.63) is 27.1 Å². The van der Waals surface area contributed by atoms with Gasteiger partial charge in [-0.1, -0.05) is 6.92 Å². The van der Waals surface area contributed by atoms with E-state index < -0.39 is 0 Å². The van der Waals surface area contributed by atoms with E-state index in [1.54, 1.807) is 18.4 Å². The van der Waals surface area contributed by atoms with E-state index in [9.17, 15) is 0 Å². The minimum absolute atomic E-state index is 0.650. The molecule has 2 aromatic heterocycles. The van der Waals surface area contributed by atoms with Crippen molar-refractivity contribution in [2.45, 2.75) is 19.9 Å². The molecule has 2 N–H and O–H groups in total. The Balaban J connectivity index is 2.10. The van der Waals surface area contributed by atoms with Crippen LogP contribution in [0.3, 0.4) is 0 Å². The third-order valence-corrected chi connectivity index (χ3v) is 4.30. The van der Waals surface area contributed by atoms with E-state index in [0.717, 1.165) is 23.3 Å². The molecule has 108 valence electrons. The van der Waals surface area contributed by atoms with Gasteiger partial charge in [0.15, 0.2) is 11.6 Å². The summed E-state index contributed by atoms with van der Waals surface area (Å²) in [6.07, 6.45) is 2.56. The number of hydrogen-bond donors (Lipinski definition) is 2. The molecule has 0 amide bonds. The lowest BCUT2D eigenvalue weighted by Gasteiger charge is -2.13. The molecule has 0 radical (unpaired) electrons. The van der Waals surface area contributed by atoms with Crippen molar-refractivity contribution < 1.29 is 4.74 Å². The average Bonchev–Trinajstić information content (AvgIpc) is 2.88. The molecular formula is C13H17BrN4OS. The summed E-state index contributed by atoms with van der Waals surface area (Å²) in [7, 11) is 1.63. The van der Waals surface area contributed by atoms with Gasteiger partial charge < -0.3 is 15.4 Å². The van der Waals surface area contributed by atoms with E-state index in [1.165, 1.54) is 11.2 Å². The Kier molecular flexibility index (Phi) is 5.60. The van der Waals surface area contributed by atoms with Crippen LogP contribution in [0.5, 0.6) is 5.75 Å². The molecule has 2 rings (SSSR count). The summed E-state index contributed by atoms with van der Waals surface area (Å²) in [5.74, 6) is 2.07. The summed E-state index contributed by atoms with van der Waals surface area (Å²) in [4.78, 5) is 9.68. The Labute approximate surface area is 130 Å². The predicted octanol–water partition coefficient (Wildman–Crippen LogP) is 3.74. The van der Waals surface area contributed by atoms with Crippen LogP contribution in [0.2, 0.25) is 0 Å². The fraction of sp³-hybridized carbons (Fsp3) is 0.385. The second-order valence-electron chi connectivity index (χ2n) is 4.12. The Hall–Kier alpha value is -1.34. The summed E-state index contributed by atoms with van der Waals surface area (Å²) in [5, 5.41) is 8.58. The van der Waals surface area contributed by atoms with Gasteiger partial charge in [0.25, 0.3) is 0 Å². The minimum atomic E-state index is 0.650. The highest BCUT2D eigenvalue weighted by Crippen LogP contribution is 2.29. The van der Waals surface area contributed by atoms with Crippen LogP contribution >= 0.6 is 27.3 Å². The summed E-state index contributed by atoms with van der Waals surface area (Å²) >= 11 is 5.14. The number of anilines is 2. The third kappa shape index (κ3) is 3.83. The fourth-order valence-electron chi connectivity index (χ4n) is 1.68. The molecule has 5 nitrogen and oxygen atoms in total. The highest BCUT2D eigenvalue weighted by Gasteiger charge is 2.11. The van der Waals surface area contributed by atoms with Gasteiger partial charge in [0.1, 0.15) is 6.33 Å². The van der Waals surface area contributed by atoms with Gasteiger partial charge in [-0.25, -0.2) is 9.97 Å². The lowest BCUT2D eigenvalue weighted by atomic mass is 10.4. The maximum atomic E-state index is 5.41. The van der Waals surface area contributed by atoms with Gasteiger partial charge in [0.05, 0.1) is 13.7 Å². The van der Waals surface area contributed by atoms with Crippen molar-refractivity contribution >= 4 is 38.9 Å². The highest BCUT2D eigenvalue weighted by molar-refractivity contribution is 9.10. The van der Waals surface area contributed by atoms with Gasteiger partial charge in [0.2, 0.25) is 5.75 Å². The van der Waals surface area contributed by atoms with Crippen LogP contribution in [-0.4, -0.2) is 23.6 Å². The Morgan fingerprint density at radius 2 is 2.05 bits per heavy atom. The normalized spacial score (nSPS) is 10.3. The molecule has 0 bridgehead atoms. The molecule has 0 fully saturated rings. The van der Waals surface area contributed by atoms with Gasteiger partial charge in [0, 0.05) is 21.3 Å². The Morgan fingerprint density at radius 1 is 1.30 bits per heavy atom. The first-order chi connectivity index (χ1) is 9.74. The monoisotopic (exact) mass is 356 g/mol. The Bertz CT molecular complexity index is 561. The Morgan fingerprint density at radius 3 is 2.65 bits per heavy atom. The molecule has 0 aliphatic heterocycles. The summed E-state index contributed by atoms with van der Waals surface area (Å²) in [6.45, 7) is 3.66. The number of thiophene rings is 1. The largest absolute Gasteiger partial charge is 0.490 e. The smallest absolute Gasteiger partial charge is 0.204 e. The van der Waals surface area contributed by atoms with Crippen molar-refractivity contribution in [2.24, 2.45) is 0 Å². The van der Waals surface area contributed by atoms with Crippen molar-refractivity contribution in [3.8, 4) is 5.75 Å². The summed E-state index contributed by atoms with van der Waals surface area (Å²) in [5.41, 5.74) is 0. The fourth-order valence-corrected chi connectivity index (χ4v) is 3.07. The molecule has 0 aliphatic carbocycles. The van der Waals surface area contributed by atoms with Gasteiger partial charge >= 0.3 is 0 Å². The zero-order valence-electron chi connectivity index (χ0n) is 11.4. The number of rotatable bonds is 7. The molecule has 0 spiro atoms. The van der Waals surface area contributed by atoms with Gasteiger partial charge in [-0.2, -0.15) is 0 Å². The molecule has 0 aromatic carbocycles. The van der Waals surface area contributed by atoms with Crippen LogP contribution in [0.25, 0.3) is 0 Å². The van der Waals surface area contributed by atoms with Gasteiger partial charge in [-0.3, -0.25) is 0 Å². The van der Waals surface area contributed by atoms with Crippen LogP contribution in [0.1, 0.15) is 18.2 Å². The SMILES string of the molecule is CCCNc1ncnc(NCc2cc(Br)cs2)c1OC. The molecular weight excluding hydrogens is 340 g/mol. The number of methoxy groups -OCH3 is 1. The van der Waals surface area contributed by atoms with E-state index in [2.05, 4.69) is 54.9 Å². The molecule has 0 saturated heterocycles. The number of hydrogen-bond acceptors (Lipinski definition) is 6. The maximum Gasteiger partial charge on any atom is 0.204 e. The molecule has 0 unspecified atom stereocenters. The molecule has 20 heavy (non-hydrogen) atoms. The van der Waals surface area contributed by atoms with Crippen molar-refractivity contribution in [3.63, 3.8) is 0 Å². The molecule has 2 aromatic rings. The van der Waals surface area contributed by atoms with Crippen LogP contribution in [0.4, 0.5) is 11.6 Å². The zero-order chi connectivity index (χ0) is 14.4. The average molecular weight is 357 g/mol. The van der Waals surface area contributed by atoms with Crippen LogP contribution in [0, 0.1) is 0 Å². The number of halogens is 1. The number of aromatic nitrogens is 2. The van der Waals surface area contributed by atoms with E-state index in [1.807, 2.05) is 0 Å². The highest BCUT2D eigenvalue weighted by atomic mass is 79.9. The maximum absolute atomic E-state index is 5.41. The van der Waals surface area contributed by atoms with Gasteiger partial charge in [-0.05, 0) is 28.4 Å². The standard InChI is InChI=1S/C13H17BrN4OS/c1-3-4-15-12-11(19-2)13(18-8-17-12)16-6-10-5-9(14)7-20-10/h5,7-8H,3-4,6H2,1-2H3,(H2,15,16,17,18). The second-order valence-corrected chi connectivity index (χ2v) is 6.03. The number of nitrogens with one attached hydrogen (secondary N) is 2. The molecule has 7 heteroatoms. The summed E-state index contributed by atoms with van der Waals surface area (Å²) < 4.78 is 6.51. The lowest BCUT2D eigenvalue weighted by Crippen LogP contribution is -2.08. The van der Waals surface area contributed by atoms with E-state index in [4.69, 9.17) is 4.74 Å². The van der Waals surface area contributed by atoms with E-state index >= 15 is 0 Å². The number of ether oxygens (including phenoxy) is 1. The molecule has 0 aliphatic rings. The minimum Gasteiger partial charge on any atom is -0.490 e. The van der Waals surface area contributed by atoms with Gasteiger partial charge in [-0.15, -0.1) is 11.3 Å². The van der Waals surface area contributed by atoms with Crippen molar-refractivity contribution in [2.75, 3.05) is 24.3 Å². The molecule has 0 atom stereocenters. The van der Waals surface area contributed by atoms with Crippen molar-refractivity contribution in [1.29, 1.82) is 0 Å². The topological polar surface area (TPSA) is 59.1 Å². The third-order valence-electron chi connectivity index (χ3n) is 2.60. The van der Waals surface area contributed by atoms with E-state index in [-0.39, 0.29) is 0 Å². The van der Waals surface area contributed by atoms with Crippen LogP contribution in [-0.2, 0) is 6.54 Å². The lowest BCUT2D eigenvalue weighted by molar-refractivity contribution is 0.414.